The summed E-state index contributed by atoms with van der Waals surface area (Å²) in [5.74, 6) is 1.19. The second-order valence-corrected chi connectivity index (χ2v) is 5.76. The average molecular weight is 331 g/mol. The van der Waals surface area contributed by atoms with Crippen LogP contribution >= 0.6 is 0 Å². The summed E-state index contributed by atoms with van der Waals surface area (Å²) in [4.78, 5) is 25.8. The van der Waals surface area contributed by atoms with Gasteiger partial charge in [-0.05, 0) is 25.0 Å². The number of amides is 2. The Bertz CT molecular complexity index is 806. The van der Waals surface area contributed by atoms with Crippen LogP contribution in [0.1, 0.15) is 18.9 Å². The zero-order chi connectivity index (χ0) is 16.5. The third-order valence-electron chi connectivity index (χ3n) is 4.36. The third-order valence-corrected chi connectivity index (χ3v) is 4.36. The van der Waals surface area contributed by atoms with Crippen LogP contribution in [0, 0.1) is 0 Å². The van der Waals surface area contributed by atoms with Crippen molar-refractivity contribution in [1.82, 2.24) is 19.7 Å². The first kappa shape index (κ1) is 14.6. The number of anilines is 1. The van der Waals surface area contributed by atoms with Crippen molar-refractivity contribution in [3.8, 4) is 11.5 Å². The van der Waals surface area contributed by atoms with Crippen molar-refractivity contribution < 1.29 is 14.3 Å². The van der Waals surface area contributed by atoms with Crippen molar-refractivity contribution in [2.75, 3.05) is 25.2 Å². The first-order valence-electron chi connectivity index (χ1n) is 7.78. The van der Waals surface area contributed by atoms with E-state index in [9.17, 15) is 9.59 Å². The lowest BCUT2D eigenvalue weighted by Crippen LogP contribution is -2.42. The summed E-state index contributed by atoms with van der Waals surface area (Å²) in [7, 11) is 0. The Hall–Kier alpha value is -2.97. The molecule has 1 fully saturated rings. The van der Waals surface area contributed by atoms with E-state index in [1.807, 2.05) is 0 Å². The minimum absolute atomic E-state index is 0.0676. The van der Waals surface area contributed by atoms with Gasteiger partial charge in [-0.25, -0.2) is 14.7 Å². The summed E-state index contributed by atoms with van der Waals surface area (Å²) in [5.41, 5.74) is 0.387. The Balaban J connectivity index is 1.40. The van der Waals surface area contributed by atoms with Crippen LogP contribution in [0.2, 0.25) is 0 Å². The maximum Gasteiger partial charge on any atom is 0.343 e. The molecule has 4 rings (SSSR count). The van der Waals surface area contributed by atoms with Crippen molar-refractivity contribution in [3.05, 3.63) is 35.0 Å². The SMILES string of the molecule is O=C(Nc1cccc2c1OCO2)N1CCC(n2cn[nH]c2=O)CC1. The molecular formula is C15H17N5O4. The molecule has 0 radical (unpaired) electrons. The van der Waals surface area contributed by atoms with E-state index < -0.39 is 0 Å². The van der Waals surface area contributed by atoms with Gasteiger partial charge in [0.1, 0.15) is 6.33 Å². The lowest BCUT2D eigenvalue weighted by Gasteiger charge is -2.32. The number of H-pyrrole nitrogens is 1. The zero-order valence-electron chi connectivity index (χ0n) is 12.9. The smallest absolute Gasteiger partial charge is 0.343 e. The summed E-state index contributed by atoms with van der Waals surface area (Å²) in [6, 6.07) is 5.27. The van der Waals surface area contributed by atoms with Crippen molar-refractivity contribution in [2.45, 2.75) is 18.9 Å². The Morgan fingerprint density at radius 2 is 2.12 bits per heavy atom. The number of fused-ring (bicyclic) bond motifs is 1. The van der Waals surface area contributed by atoms with Crippen LogP contribution in [0.4, 0.5) is 10.5 Å². The highest BCUT2D eigenvalue weighted by atomic mass is 16.7. The van der Waals surface area contributed by atoms with Gasteiger partial charge in [0.15, 0.2) is 11.5 Å². The molecule has 0 aliphatic carbocycles. The predicted molar refractivity (Wildman–Crippen MR) is 84.3 cm³/mol. The summed E-state index contributed by atoms with van der Waals surface area (Å²) >= 11 is 0. The predicted octanol–water partition coefficient (Wildman–Crippen LogP) is 1.17. The Morgan fingerprint density at radius 1 is 1.29 bits per heavy atom. The number of nitrogens with zero attached hydrogens (tertiary/aromatic N) is 3. The minimum Gasteiger partial charge on any atom is -0.454 e. The van der Waals surface area contributed by atoms with E-state index in [1.165, 1.54) is 6.33 Å². The topological polar surface area (TPSA) is 101 Å². The largest absolute Gasteiger partial charge is 0.454 e. The fourth-order valence-electron chi connectivity index (χ4n) is 3.09. The number of aromatic nitrogens is 3. The van der Waals surface area contributed by atoms with Gasteiger partial charge in [-0.3, -0.25) is 4.57 Å². The maximum atomic E-state index is 12.5. The van der Waals surface area contributed by atoms with E-state index in [2.05, 4.69) is 15.5 Å². The molecule has 2 N–H and O–H groups in total. The molecule has 0 atom stereocenters. The number of rotatable bonds is 2. The molecule has 9 nitrogen and oxygen atoms in total. The zero-order valence-corrected chi connectivity index (χ0v) is 12.9. The van der Waals surface area contributed by atoms with Crippen molar-refractivity contribution in [3.63, 3.8) is 0 Å². The molecule has 1 saturated heterocycles. The molecule has 0 saturated carbocycles. The summed E-state index contributed by atoms with van der Waals surface area (Å²) in [6.07, 6.45) is 2.92. The number of benzene rings is 1. The minimum atomic E-state index is -0.213. The fourth-order valence-corrected chi connectivity index (χ4v) is 3.09. The van der Waals surface area contributed by atoms with Crippen LogP contribution in [-0.2, 0) is 0 Å². The van der Waals surface area contributed by atoms with Crippen LogP contribution < -0.4 is 20.5 Å². The lowest BCUT2D eigenvalue weighted by atomic mass is 10.1. The van der Waals surface area contributed by atoms with Crippen molar-refractivity contribution in [2.24, 2.45) is 0 Å². The second kappa shape index (κ2) is 5.91. The molecule has 9 heteroatoms. The molecule has 2 aliphatic rings. The number of carbonyl (C=O) groups is 1. The van der Waals surface area contributed by atoms with E-state index in [4.69, 9.17) is 9.47 Å². The number of carbonyl (C=O) groups excluding carboxylic acids is 1. The quantitative estimate of drug-likeness (QED) is 0.860. The molecule has 0 spiro atoms. The van der Waals surface area contributed by atoms with Gasteiger partial charge in [-0.15, -0.1) is 0 Å². The molecule has 2 amide bonds. The summed E-state index contributed by atoms with van der Waals surface area (Å²) in [6.45, 7) is 1.30. The number of piperidine rings is 1. The molecule has 1 aromatic heterocycles. The van der Waals surface area contributed by atoms with E-state index in [-0.39, 0.29) is 24.6 Å². The van der Waals surface area contributed by atoms with Crippen LogP contribution in [-0.4, -0.2) is 45.6 Å². The molecular weight excluding hydrogens is 314 g/mol. The summed E-state index contributed by atoms with van der Waals surface area (Å²) in [5, 5.41) is 9.01. The van der Waals surface area contributed by atoms with Gasteiger partial charge in [0.05, 0.1) is 5.69 Å². The molecule has 3 heterocycles. The standard InChI is InChI=1S/C15H17N5O4/c21-14(17-11-2-1-3-12-13(11)24-9-23-12)19-6-4-10(5-7-19)20-8-16-18-15(20)22/h1-3,8,10H,4-7,9H2,(H,17,21)(H,18,22). The third kappa shape index (κ3) is 2.57. The van der Waals surface area contributed by atoms with Gasteiger partial charge in [0, 0.05) is 19.1 Å². The Labute approximate surface area is 137 Å². The monoisotopic (exact) mass is 331 g/mol. The highest BCUT2D eigenvalue weighted by Crippen LogP contribution is 2.39. The summed E-state index contributed by atoms with van der Waals surface area (Å²) < 4.78 is 12.3. The average Bonchev–Trinajstić information content (AvgIpc) is 3.24. The van der Waals surface area contributed by atoms with Crippen LogP contribution in [0.25, 0.3) is 0 Å². The van der Waals surface area contributed by atoms with Crippen LogP contribution in [0.15, 0.2) is 29.3 Å². The number of likely N-dealkylation sites (tertiary alicyclic amines) is 1. The van der Waals surface area contributed by atoms with Gasteiger partial charge >= 0.3 is 11.7 Å². The van der Waals surface area contributed by atoms with Crippen LogP contribution in [0.3, 0.4) is 0 Å². The fraction of sp³-hybridized carbons (Fsp3) is 0.400. The van der Waals surface area contributed by atoms with Crippen molar-refractivity contribution in [1.29, 1.82) is 0 Å². The lowest BCUT2D eigenvalue weighted by molar-refractivity contribution is 0.173. The van der Waals surface area contributed by atoms with Gasteiger partial charge in [-0.1, -0.05) is 6.07 Å². The Morgan fingerprint density at radius 3 is 2.88 bits per heavy atom. The highest BCUT2D eigenvalue weighted by molar-refractivity contribution is 5.91. The molecule has 24 heavy (non-hydrogen) atoms. The molecule has 0 bridgehead atoms. The van der Waals surface area contributed by atoms with Gasteiger partial charge in [0.25, 0.3) is 0 Å². The molecule has 1 aromatic carbocycles. The number of urea groups is 1. The van der Waals surface area contributed by atoms with Gasteiger partial charge in [-0.2, -0.15) is 5.10 Å². The van der Waals surface area contributed by atoms with Crippen LogP contribution in [0.5, 0.6) is 11.5 Å². The number of hydrogen-bond donors (Lipinski definition) is 2. The van der Waals surface area contributed by atoms with E-state index in [0.29, 0.717) is 43.1 Å². The first-order valence-corrected chi connectivity index (χ1v) is 7.78. The number of nitrogens with one attached hydrogen (secondary N) is 2. The van der Waals surface area contributed by atoms with Gasteiger partial charge in [0.2, 0.25) is 6.79 Å². The van der Waals surface area contributed by atoms with E-state index >= 15 is 0 Å². The van der Waals surface area contributed by atoms with Gasteiger partial charge < -0.3 is 19.7 Å². The highest BCUT2D eigenvalue weighted by Gasteiger charge is 2.26. The number of aromatic amines is 1. The molecule has 2 aliphatic heterocycles. The van der Waals surface area contributed by atoms with Crippen molar-refractivity contribution >= 4 is 11.7 Å². The number of ether oxygens (including phenoxy) is 2. The molecule has 126 valence electrons. The molecule has 0 unspecified atom stereocenters. The first-order chi connectivity index (χ1) is 11.7. The maximum absolute atomic E-state index is 12.5. The second-order valence-electron chi connectivity index (χ2n) is 5.76. The van der Waals surface area contributed by atoms with E-state index in [0.717, 1.165) is 0 Å². The normalized spacial score (nSPS) is 17.1. The molecule has 2 aromatic rings. The Kier molecular flexibility index (Phi) is 3.60. The van der Waals surface area contributed by atoms with E-state index in [1.54, 1.807) is 27.7 Å². The number of para-hydroxylation sites is 1. The number of hydrogen-bond acceptors (Lipinski definition) is 5.